The molecule has 0 unspecified atom stereocenters. The van der Waals surface area contributed by atoms with Gasteiger partial charge in [0.25, 0.3) is 0 Å². The zero-order valence-electron chi connectivity index (χ0n) is 8.84. The fourth-order valence-electron chi connectivity index (χ4n) is 1.90. The van der Waals surface area contributed by atoms with Crippen LogP contribution in [0.2, 0.25) is 0 Å². The van der Waals surface area contributed by atoms with Gasteiger partial charge in [0.15, 0.2) is 0 Å². The Balaban J connectivity index is 0.000000336. The molecule has 0 aromatic carbocycles. The highest BCUT2D eigenvalue weighted by Crippen LogP contribution is 2.31. The molecule has 1 heterocycles. The summed E-state index contributed by atoms with van der Waals surface area (Å²) in [5, 5.41) is 0. The van der Waals surface area contributed by atoms with Crippen molar-refractivity contribution in [2.24, 2.45) is 5.92 Å². The van der Waals surface area contributed by atoms with Crippen LogP contribution >= 0.6 is 0 Å². The van der Waals surface area contributed by atoms with Crippen LogP contribution < -0.4 is 0 Å². The van der Waals surface area contributed by atoms with Crippen molar-refractivity contribution in [3.8, 4) is 0 Å². The van der Waals surface area contributed by atoms with E-state index in [2.05, 4.69) is 11.8 Å². The average Bonchev–Trinajstić information content (AvgIpc) is 2.82. The molecule has 1 aliphatic carbocycles. The summed E-state index contributed by atoms with van der Waals surface area (Å²) in [6.07, 6.45) is 5.88. The van der Waals surface area contributed by atoms with Gasteiger partial charge in [-0.15, -0.1) is 0 Å². The normalized spacial score (nSPS) is 29.8. The molecular formula is C11H23N. The molecule has 1 aliphatic heterocycles. The van der Waals surface area contributed by atoms with Crippen molar-refractivity contribution < 1.29 is 0 Å². The van der Waals surface area contributed by atoms with E-state index in [-0.39, 0.29) is 0 Å². The second-order valence-electron chi connectivity index (χ2n) is 3.93. The lowest BCUT2D eigenvalue weighted by molar-refractivity contribution is 0.258. The third-order valence-electron chi connectivity index (χ3n) is 2.88. The van der Waals surface area contributed by atoms with Crippen LogP contribution in [0.15, 0.2) is 0 Å². The van der Waals surface area contributed by atoms with Crippen molar-refractivity contribution >= 4 is 0 Å². The highest BCUT2D eigenvalue weighted by molar-refractivity contribution is 4.82. The third kappa shape index (κ3) is 2.78. The van der Waals surface area contributed by atoms with E-state index >= 15 is 0 Å². The minimum Gasteiger partial charge on any atom is -0.300 e. The molecule has 1 nitrogen and oxygen atoms in total. The molecule has 1 saturated carbocycles. The molecule has 0 spiro atoms. The maximum absolute atomic E-state index is 2.66. The predicted molar refractivity (Wildman–Crippen MR) is 54.3 cm³/mol. The van der Waals surface area contributed by atoms with Gasteiger partial charge in [-0.1, -0.05) is 13.8 Å². The minimum absolute atomic E-state index is 0.889. The molecule has 0 aromatic heterocycles. The van der Waals surface area contributed by atoms with Gasteiger partial charge < -0.3 is 4.90 Å². The van der Waals surface area contributed by atoms with E-state index in [1.807, 2.05) is 13.8 Å². The van der Waals surface area contributed by atoms with Crippen LogP contribution in [-0.4, -0.2) is 24.0 Å². The van der Waals surface area contributed by atoms with Crippen LogP contribution in [-0.2, 0) is 0 Å². The molecule has 0 amide bonds. The van der Waals surface area contributed by atoms with Crippen LogP contribution in [0.4, 0.5) is 0 Å². The van der Waals surface area contributed by atoms with Gasteiger partial charge in [0.1, 0.15) is 0 Å². The summed E-state index contributed by atoms with van der Waals surface area (Å²) in [5.74, 6) is 1.08. The van der Waals surface area contributed by atoms with Gasteiger partial charge in [-0.25, -0.2) is 0 Å². The van der Waals surface area contributed by atoms with Crippen LogP contribution in [0.25, 0.3) is 0 Å². The standard InChI is InChI=1S/C9H17N.C2H6/c1-8-3-2-6-10(8)7-9-4-5-9;1-2/h8-9H,2-7H2,1H3;1-2H3/t8-;/m0./s1. The molecule has 2 rings (SSSR count). The number of nitrogens with zero attached hydrogens (tertiary/aromatic N) is 1. The highest BCUT2D eigenvalue weighted by Gasteiger charge is 2.28. The number of hydrogen-bond donors (Lipinski definition) is 0. The lowest BCUT2D eigenvalue weighted by Crippen LogP contribution is -2.28. The zero-order valence-corrected chi connectivity index (χ0v) is 8.84. The summed E-state index contributed by atoms with van der Waals surface area (Å²) in [5.41, 5.74) is 0. The zero-order chi connectivity index (χ0) is 8.97. The summed E-state index contributed by atoms with van der Waals surface area (Å²) >= 11 is 0. The minimum atomic E-state index is 0.889. The number of likely N-dealkylation sites (tertiary alicyclic amines) is 1. The first-order valence-electron chi connectivity index (χ1n) is 5.60. The van der Waals surface area contributed by atoms with Crippen LogP contribution in [0.3, 0.4) is 0 Å². The number of rotatable bonds is 2. The van der Waals surface area contributed by atoms with Crippen molar-refractivity contribution in [1.29, 1.82) is 0 Å². The van der Waals surface area contributed by atoms with Gasteiger partial charge in [0.05, 0.1) is 0 Å². The van der Waals surface area contributed by atoms with Crippen molar-refractivity contribution in [3.05, 3.63) is 0 Å². The molecule has 2 aliphatic rings. The van der Waals surface area contributed by atoms with E-state index in [9.17, 15) is 0 Å². The van der Waals surface area contributed by atoms with E-state index in [4.69, 9.17) is 0 Å². The maximum atomic E-state index is 2.66. The largest absolute Gasteiger partial charge is 0.300 e. The highest BCUT2D eigenvalue weighted by atomic mass is 15.2. The van der Waals surface area contributed by atoms with E-state index < -0.39 is 0 Å². The molecule has 0 aromatic rings. The van der Waals surface area contributed by atoms with E-state index in [1.54, 1.807) is 0 Å². The second-order valence-corrected chi connectivity index (χ2v) is 3.93. The lowest BCUT2D eigenvalue weighted by Gasteiger charge is -2.20. The van der Waals surface area contributed by atoms with Gasteiger partial charge in [-0.05, 0) is 45.1 Å². The lowest BCUT2D eigenvalue weighted by atomic mass is 10.2. The Morgan fingerprint density at radius 2 is 1.83 bits per heavy atom. The van der Waals surface area contributed by atoms with Crippen molar-refractivity contribution in [2.45, 2.75) is 52.5 Å². The topological polar surface area (TPSA) is 3.24 Å². The molecule has 0 radical (unpaired) electrons. The number of hydrogen-bond acceptors (Lipinski definition) is 1. The van der Waals surface area contributed by atoms with Gasteiger partial charge in [-0.2, -0.15) is 0 Å². The van der Waals surface area contributed by atoms with E-state index in [1.165, 1.54) is 38.8 Å². The molecule has 0 N–H and O–H groups in total. The molecular weight excluding hydrogens is 146 g/mol. The molecule has 1 atom stereocenters. The first-order chi connectivity index (χ1) is 5.86. The molecule has 12 heavy (non-hydrogen) atoms. The SMILES string of the molecule is CC.C[C@H]1CCCN1CC1CC1. The third-order valence-corrected chi connectivity index (χ3v) is 2.88. The Morgan fingerprint density at radius 1 is 1.17 bits per heavy atom. The second kappa shape index (κ2) is 4.86. The quantitative estimate of drug-likeness (QED) is 0.614. The van der Waals surface area contributed by atoms with Gasteiger partial charge >= 0.3 is 0 Å². The Morgan fingerprint density at radius 3 is 2.25 bits per heavy atom. The summed E-state index contributed by atoms with van der Waals surface area (Å²) in [6.45, 7) is 9.15. The van der Waals surface area contributed by atoms with Crippen LogP contribution in [0.5, 0.6) is 0 Å². The van der Waals surface area contributed by atoms with Crippen LogP contribution in [0, 0.1) is 5.92 Å². The maximum Gasteiger partial charge on any atom is 0.00675 e. The van der Waals surface area contributed by atoms with E-state index in [0.717, 1.165) is 12.0 Å². The van der Waals surface area contributed by atoms with Crippen molar-refractivity contribution in [2.75, 3.05) is 13.1 Å². The first-order valence-corrected chi connectivity index (χ1v) is 5.60. The Hall–Kier alpha value is -0.0400. The summed E-state index contributed by atoms with van der Waals surface area (Å²) < 4.78 is 0. The molecule has 0 bridgehead atoms. The van der Waals surface area contributed by atoms with E-state index in [0.29, 0.717) is 0 Å². The van der Waals surface area contributed by atoms with Gasteiger partial charge in [0.2, 0.25) is 0 Å². The fraction of sp³-hybridized carbons (Fsp3) is 1.00. The summed E-state index contributed by atoms with van der Waals surface area (Å²) in [7, 11) is 0. The molecule has 2 fully saturated rings. The first kappa shape index (κ1) is 10.0. The monoisotopic (exact) mass is 169 g/mol. The fourth-order valence-corrected chi connectivity index (χ4v) is 1.90. The van der Waals surface area contributed by atoms with Crippen molar-refractivity contribution in [3.63, 3.8) is 0 Å². The van der Waals surface area contributed by atoms with Gasteiger partial charge in [-0.3, -0.25) is 0 Å². The molecule has 1 heteroatoms. The average molecular weight is 169 g/mol. The summed E-state index contributed by atoms with van der Waals surface area (Å²) in [6, 6.07) is 0.889. The summed E-state index contributed by atoms with van der Waals surface area (Å²) in [4.78, 5) is 2.66. The Kier molecular flexibility index (Phi) is 4.07. The van der Waals surface area contributed by atoms with Crippen LogP contribution in [0.1, 0.15) is 46.5 Å². The van der Waals surface area contributed by atoms with Gasteiger partial charge in [0, 0.05) is 12.6 Å². The van der Waals surface area contributed by atoms with Crippen molar-refractivity contribution in [1.82, 2.24) is 4.90 Å². The molecule has 72 valence electrons. The predicted octanol–water partition coefficient (Wildman–Crippen LogP) is 2.91. The Bertz CT molecular complexity index is 118. The Labute approximate surface area is 77.1 Å². The smallest absolute Gasteiger partial charge is 0.00675 e. The molecule has 1 saturated heterocycles.